The van der Waals surface area contributed by atoms with Gasteiger partial charge in [-0.1, -0.05) is 0 Å². The molecule has 0 spiro atoms. The van der Waals surface area contributed by atoms with E-state index in [1.807, 2.05) is 0 Å². The fraction of sp³-hybridized carbons (Fsp3) is 0.750. The maximum absolute atomic E-state index is 12.2. The molecule has 1 saturated heterocycles. The summed E-state index contributed by atoms with van der Waals surface area (Å²) in [5.41, 5.74) is 0. The molecule has 3 amide bonds. The van der Waals surface area contributed by atoms with Gasteiger partial charge in [0.15, 0.2) is 0 Å². The number of rotatable bonds is 4. The predicted molar refractivity (Wildman–Crippen MR) is 68.7 cm³/mol. The molecule has 1 rings (SSSR count). The summed E-state index contributed by atoms with van der Waals surface area (Å²) >= 11 is 0. The van der Waals surface area contributed by atoms with Gasteiger partial charge in [-0.2, -0.15) is 0 Å². The lowest BCUT2D eigenvalue weighted by Crippen LogP contribution is -2.47. The molecule has 7 heteroatoms. The lowest BCUT2D eigenvalue weighted by atomic mass is 10.1. The zero-order valence-corrected chi connectivity index (χ0v) is 11.6. The van der Waals surface area contributed by atoms with Crippen LogP contribution < -0.4 is 0 Å². The highest BCUT2D eigenvalue weighted by molar-refractivity contribution is 5.84. The van der Waals surface area contributed by atoms with Gasteiger partial charge in [0.25, 0.3) is 0 Å². The number of hydrogen-bond donors (Lipinski definition) is 1. The zero-order chi connectivity index (χ0) is 14.6. The maximum Gasteiger partial charge on any atom is 0.320 e. The Bertz CT molecular complexity index is 370. The highest BCUT2D eigenvalue weighted by atomic mass is 16.4. The molecule has 0 bridgehead atoms. The number of likely N-dealkylation sites (tertiary alicyclic amines) is 1. The van der Waals surface area contributed by atoms with E-state index in [9.17, 15) is 14.4 Å². The van der Waals surface area contributed by atoms with Crippen LogP contribution in [-0.4, -0.2) is 78.0 Å². The van der Waals surface area contributed by atoms with Gasteiger partial charge in [0, 0.05) is 33.7 Å². The Labute approximate surface area is 112 Å². The molecule has 1 unspecified atom stereocenters. The van der Waals surface area contributed by atoms with Crippen LogP contribution in [0.2, 0.25) is 0 Å². The molecule has 1 atom stereocenters. The molecule has 1 N–H and O–H groups in total. The predicted octanol–water partition coefficient (Wildman–Crippen LogP) is 0.0655. The van der Waals surface area contributed by atoms with E-state index in [1.54, 1.807) is 26.0 Å². The molecule has 7 nitrogen and oxygen atoms in total. The second-order valence-electron chi connectivity index (χ2n) is 5.01. The molecule has 1 fully saturated rings. The first kappa shape index (κ1) is 15.3. The van der Waals surface area contributed by atoms with Gasteiger partial charge in [-0.3, -0.25) is 9.59 Å². The molecule has 0 aliphatic carbocycles. The molecule has 1 aliphatic rings. The minimum Gasteiger partial charge on any atom is -0.481 e. The van der Waals surface area contributed by atoms with E-state index in [0.29, 0.717) is 13.0 Å². The Morgan fingerprint density at radius 1 is 1.26 bits per heavy atom. The van der Waals surface area contributed by atoms with E-state index in [4.69, 9.17) is 5.11 Å². The molecule has 0 radical (unpaired) electrons. The second kappa shape index (κ2) is 6.40. The van der Waals surface area contributed by atoms with Crippen molar-refractivity contribution in [3.8, 4) is 0 Å². The summed E-state index contributed by atoms with van der Waals surface area (Å²) in [5, 5.41) is 8.82. The van der Waals surface area contributed by atoms with E-state index in [2.05, 4.69) is 0 Å². The summed E-state index contributed by atoms with van der Waals surface area (Å²) < 4.78 is 0. The average molecular weight is 271 g/mol. The van der Waals surface area contributed by atoms with Crippen LogP contribution in [0, 0.1) is 0 Å². The minimum atomic E-state index is -0.906. The Hall–Kier alpha value is -1.79. The van der Waals surface area contributed by atoms with Crippen LogP contribution >= 0.6 is 0 Å². The monoisotopic (exact) mass is 271 g/mol. The van der Waals surface area contributed by atoms with Crippen molar-refractivity contribution < 1.29 is 19.5 Å². The van der Waals surface area contributed by atoms with Crippen LogP contribution in [0.3, 0.4) is 0 Å². The van der Waals surface area contributed by atoms with Gasteiger partial charge >= 0.3 is 12.0 Å². The first-order valence-corrected chi connectivity index (χ1v) is 6.26. The van der Waals surface area contributed by atoms with Crippen LogP contribution in [-0.2, 0) is 9.59 Å². The Balaban J connectivity index is 2.60. The van der Waals surface area contributed by atoms with Gasteiger partial charge in [0.1, 0.15) is 6.54 Å². The molecule has 1 heterocycles. The number of carbonyl (C=O) groups excluding carboxylic acids is 2. The fourth-order valence-electron chi connectivity index (χ4n) is 2.13. The lowest BCUT2D eigenvalue weighted by molar-refractivity contribution is -0.138. The first-order chi connectivity index (χ1) is 8.82. The number of nitrogens with zero attached hydrogens (tertiary/aromatic N) is 3. The largest absolute Gasteiger partial charge is 0.481 e. The van der Waals surface area contributed by atoms with Crippen molar-refractivity contribution in [3.05, 3.63) is 0 Å². The Morgan fingerprint density at radius 2 is 1.89 bits per heavy atom. The van der Waals surface area contributed by atoms with E-state index < -0.39 is 5.97 Å². The summed E-state index contributed by atoms with van der Waals surface area (Å²) in [7, 11) is 4.81. The standard InChI is InChI=1S/C12H21N3O4/c1-13(2)10(16)8-14(3)12(19)15-6-4-5-9(15)7-11(17)18/h9H,4-8H2,1-3H3,(H,17,18). The molecule has 108 valence electrons. The van der Waals surface area contributed by atoms with Crippen molar-refractivity contribution in [1.82, 2.24) is 14.7 Å². The van der Waals surface area contributed by atoms with Crippen molar-refractivity contribution in [2.24, 2.45) is 0 Å². The van der Waals surface area contributed by atoms with Crippen LogP contribution in [0.1, 0.15) is 19.3 Å². The number of carboxylic acid groups (broad SMARTS) is 1. The molecule has 1 aliphatic heterocycles. The SMILES string of the molecule is CN(C)C(=O)CN(C)C(=O)N1CCCC1CC(=O)O. The highest BCUT2D eigenvalue weighted by Gasteiger charge is 2.32. The molecule has 0 aromatic rings. The number of carbonyl (C=O) groups is 3. The Morgan fingerprint density at radius 3 is 2.42 bits per heavy atom. The molecular weight excluding hydrogens is 250 g/mol. The van der Waals surface area contributed by atoms with E-state index >= 15 is 0 Å². The number of urea groups is 1. The first-order valence-electron chi connectivity index (χ1n) is 6.26. The lowest BCUT2D eigenvalue weighted by Gasteiger charge is -2.29. The Kier molecular flexibility index (Phi) is 5.14. The topological polar surface area (TPSA) is 81.2 Å². The van der Waals surface area contributed by atoms with Crippen molar-refractivity contribution in [1.29, 1.82) is 0 Å². The number of carboxylic acids is 1. The maximum atomic E-state index is 12.2. The van der Waals surface area contributed by atoms with Crippen molar-refractivity contribution in [2.75, 3.05) is 34.2 Å². The van der Waals surface area contributed by atoms with E-state index in [0.717, 1.165) is 6.42 Å². The summed E-state index contributed by atoms with van der Waals surface area (Å²) in [6.07, 6.45) is 1.47. The number of hydrogen-bond acceptors (Lipinski definition) is 3. The van der Waals surface area contributed by atoms with Crippen LogP contribution in [0.25, 0.3) is 0 Å². The number of aliphatic carboxylic acids is 1. The van der Waals surface area contributed by atoms with Gasteiger partial charge in [0.05, 0.1) is 6.42 Å². The summed E-state index contributed by atoms with van der Waals surface area (Å²) in [6.45, 7) is 0.555. The number of likely N-dealkylation sites (N-methyl/N-ethyl adjacent to an activating group) is 2. The third-order valence-corrected chi connectivity index (χ3v) is 3.23. The molecule has 0 aromatic carbocycles. The summed E-state index contributed by atoms with van der Waals surface area (Å²) in [4.78, 5) is 38.8. The van der Waals surface area contributed by atoms with Gasteiger partial charge < -0.3 is 19.8 Å². The van der Waals surface area contributed by atoms with Crippen molar-refractivity contribution in [3.63, 3.8) is 0 Å². The molecule has 19 heavy (non-hydrogen) atoms. The van der Waals surface area contributed by atoms with Crippen molar-refractivity contribution in [2.45, 2.75) is 25.3 Å². The molecule has 0 aromatic heterocycles. The van der Waals surface area contributed by atoms with Gasteiger partial charge in [0.2, 0.25) is 5.91 Å². The zero-order valence-electron chi connectivity index (χ0n) is 11.6. The second-order valence-corrected chi connectivity index (χ2v) is 5.01. The van der Waals surface area contributed by atoms with Crippen molar-refractivity contribution >= 4 is 17.9 Å². The van der Waals surface area contributed by atoms with Gasteiger partial charge in [-0.25, -0.2) is 4.79 Å². The third kappa shape index (κ3) is 4.11. The average Bonchev–Trinajstić information content (AvgIpc) is 2.74. The normalized spacial score (nSPS) is 18.3. The quantitative estimate of drug-likeness (QED) is 0.784. The van der Waals surface area contributed by atoms with E-state index in [-0.39, 0.29) is 30.9 Å². The van der Waals surface area contributed by atoms with Gasteiger partial charge in [-0.15, -0.1) is 0 Å². The van der Waals surface area contributed by atoms with Crippen LogP contribution in [0.5, 0.6) is 0 Å². The van der Waals surface area contributed by atoms with Crippen LogP contribution in [0.15, 0.2) is 0 Å². The summed E-state index contributed by atoms with van der Waals surface area (Å²) in [6, 6.07) is -0.541. The smallest absolute Gasteiger partial charge is 0.320 e. The number of amides is 3. The van der Waals surface area contributed by atoms with E-state index in [1.165, 1.54) is 9.80 Å². The highest BCUT2D eigenvalue weighted by Crippen LogP contribution is 2.21. The summed E-state index contributed by atoms with van der Waals surface area (Å²) in [5.74, 6) is -1.07. The van der Waals surface area contributed by atoms with Gasteiger partial charge in [-0.05, 0) is 12.8 Å². The minimum absolute atomic E-state index is 0.00211. The molecule has 0 saturated carbocycles. The fourth-order valence-corrected chi connectivity index (χ4v) is 2.13. The third-order valence-electron chi connectivity index (χ3n) is 3.23. The van der Waals surface area contributed by atoms with Crippen LogP contribution in [0.4, 0.5) is 4.79 Å². The molecular formula is C12H21N3O4.